The number of carbonyl (C=O) groups excluding carboxylic acids is 1. The Morgan fingerprint density at radius 3 is 2.47 bits per heavy atom. The number of nitrogens with one attached hydrogen (secondary N) is 1. The van der Waals surface area contributed by atoms with Crippen molar-refractivity contribution in [2.75, 3.05) is 5.32 Å². The Labute approximate surface area is 109 Å². The second kappa shape index (κ2) is 5.60. The summed E-state index contributed by atoms with van der Waals surface area (Å²) in [5, 5.41) is 19.2. The maximum Gasteiger partial charge on any atom is 0.221 e. The van der Waals surface area contributed by atoms with Crippen molar-refractivity contribution in [3.05, 3.63) is 47.7 Å². The third kappa shape index (κ3) is 3.51. The molecule has 0 fully saturated rings. The van der Waals surface area contributed by atoms with Gasteiger partial charge in [0.25, 0.3) is 0 Å². The topological polar surface area (TPSA) is 105 Å². The monoisotopic (exact) mass is 253 g/mol. The molecule has 2 rings (SSSR count). The van der Waals surface area contributed by atoms with E-state index in [0.29, 0.717) is 5.82 Å². The van der Waals surface area contributed by atoms with Crippen molar-refractivity contribution in [3.63, 3.8) is 0 Å². The third-order valence-corrected chi connectivity index (χ3v) is 2.38. The molecule has 6 heteroatoms. The molecule has 2 aromatic rings. The van der Waals surface area contributed by atoms with Gasteiger partial charge in [-0.15, -0.1) is 10.2 Å². The van der Waals surface area contributed by atoms with E-state index in [2.05, 4.69) is 15.5 Å². The van der Waals surface area contributed by atoms with Crippen molar-refractivity contribution < 1.29 is 4.79 Å². The van der Waals surface area contributed by atoms with Crippen LogP contribution in [0.25, 0.3) is 0 Å². The number of carbonyl (C=O) groups is 1. The molecule has 0 unspecified atom stereocenters. The first-order chi connectivity index (χ1) is 9.17. The lowest BCUT2D eigenvalue weighted by Crippen LogP contribution is -2.13. The zero-order valence-corrected chi connectivity index (χ0v) is 10.00. The first-order valence-corrected chi connectivity index (χ1v) is 5.55. The van der Waals surface area contributed by atoms with Crippen molar-refractivity contribution in [2.24, 2.45) is 5.73 Å². The van der Waals surface area contributed by atoms with Crippen LogP contribution in [-0.2, 0) is 11.2 Å². The van der Waals surface area contributed by atoms with Crippen molar-refractivity contribution >= 4 is 17.4 Å². The van der Waals surface area contributed by atoms with Gasteiger partial charge in [0.05, 0.1) is 6.42 Å². The smallest absolute Gasteiger partial charge is 0.221 e. The lowest BCUT2D eigenvalue weighted by atomic mass is 10.1. The van der Waals surface area contributed by atoms with Crippen LogP contribution in [0.2, 0.25) is 0 Å². The molecule has 0 aliphatic heterocycles. The highest BCUT2D eigenvalue weighted by Gasteiger charge is 2.00. The minimum atomic E-state index is -0.362. The summed E-state index contributed by atoms with van der Waals surface area (Å²) in [4.78, 5) is 10.8. The van der Waals surface area contributed by atoms with Gasteiger partial charge >= 0.3 is 0 Å². The lowest BCUT2D eigenvalue weighted by Gasteiger charge is -2.05. The number of aromatic nitrogens is 2. The first-order valence-electron chi connectivity index (χ1n) is 5.55. The number of hydrogen-bond acceptors (Lipinski definition) is 5. The molecule has 6 nitrogen and oxygen atoms in total. The largest absolute Gasteiger partial charge is 0.369 e. The van der Waals surface area contributed by atoms with Gasteiger partial charge in [-0.05, 0) is 29.8 Å². The van der Waals surface area contributed by atoms with E-state index >= 15 is 0 Å². The van der Waals surface area contributed by atoms with Gasteiger partial charge in [0, 0.05) is 5.69 Å². The molecule has 0 atom stereocenters. The summed E-state index contributed by atoms with van der Waals surface area (Å²) < 4.78 is 0. The molecule has 1 amide bonds. The highest BCUT2D eigenvalue weighted by atomic mass is 16.1. The first kappa shape index (κ1) is 12.5. The van der Waals surface area contributed by atoms with Crippen LogP contribution in [0.4, 0.5) is 11.5 Å². The maximum absolute atomic E-state index is 10.8. The predicted molar refractivity (Wildman–Crippen MR) is 69.4 cm³/mol. The Morgan fingerprint density at radius 2 is 1.95 bits per heavy atom. The zero-order chi connectivity index (χ0) is 13.7. The average Bonchev–Trinajstić information content (AvgIpc) is 2.41. The molecule has 0 aliphatic carbocycles. The Bertz CT molecular complexity index is 613. The lowest BCUT2D eigenvalue weighted by molar-refractivity contribution is -0.117. The number of nitrogens with two attached hydrogens (primary N) is 1. The van der Waals surface area contributed by atoms with Crippen LogP contribution in [0, 0.1) is 11.3 Å². The fourth-order valence-corrected chi connectivity index (χ4v) is 1.51. The predicted octanol–water partition coefficient (Wildman–Crippen LogP) is 1.12. The summed E-state index contributed by atoms with van der Waals surface area (Å²) in [5.74, 6) is 0.181. The van der Waals surface area contributed by atoms with E-state index < -0.39 is 0 Å². The number of rotatable bonds is 4. The van der Waals surface area contributed by atoms with Gasteiger partial charge in [-0.25, -0.2) is 0 Å². The van der Waals surface area contributed by atoms with Crippen LogP contribution in [0.1, 0.15) is 11.3 Å². The summed E-state index contributed by atoms with van der Waals surface area (Å²) >= 11 is 0. The zero-order valence-electron chi connectivity index (χ0n) is 10.00. The van der Waals surface area contributed by atoms with Gasteiger partial charge in [-0.2, -0.15) is 5.26 Å². The quantitative estimate of drug-likeness (QED) is 0.849. The number of nitrogens with zero attached hydrogens (tertiary/aromatic N) is 3. The minimum absolute atomic E-state index is 0.219. The third-order valence-electron chi connectivity index (χ3n) is 2.38. The van der Waals surface area contributed by atoms with E-state index in [4.69, 9.17) is 11.0 Å². The van der Waals surface area contributed by atoms with E-state index in [0.717, 1.165) is 11.3 Å². The Kier molecular flexibility index (Phi) is 3.69. The number of primary amides is 1. The van der Waals surface area contributed by atoms with Crippen molar-refractivity contribution in [3.8, 4) is 6.07 Å². The molecule has 0 spiro atoms. The number of benzene rings is 1. The molecule has 0 radical (unpaired) electrons. The number of amides is 1. The highest BCUT2D eigenvalue weighted by Crippen LogP contribution is 2.15. The van der Waals surface area contributed by atoms with Crippen LogP contribution in [0.3, 0.4) is 0 Å². The van der Waals surface area contributed by atoms with Gasteiger partial charge in [0.2, 0.25) is 5.91 Å². The minimum Gasteiger partial charge on any atom is -0.369 e. The molecule has 0 saturated carbocycles. The number of nitriles is 1. The van der Waals surface area contributed by atoms with Crippen molar-refractivity contribution in [1.82, 2.24) is 10.2 Å². The van der Waals surface area contributed by atoms with Crippen LogP contribution in [0.5, 0.6) is 0 Å². The van der Waals surface area contributed by atoms with Gasteiger partial charge in [-0.3, -0.25) is 4.79 Å². The molecular weight excluding hydrogens is 242 g/mol. The Hall–Kier alpha value is -2.94. The van der Waals surface area contributed by atoms with E-state index in [1.807, 2.05) is 30.3 Å². The van der Waals surface area contributed by atoms with Crippen molar-refractivity contribution in [2.45, 2.75) is 6.42 Å². The second-order valence-corrected chi connectivity index (χ2v) is 3.88. The highest BCUT2D eigenvalue weighted by molar-refractivity contribution is 5.76. The number of hydrogen-bond donors (Lipinski definition) is 2. The average molecular weight is 253 g/mol. The van der Waals surface area contributed by atoms with Gasteiger partial charge in [0.1, 0.15) is 6.07 Å². The van der Waals surface area contributed by atoms with Crippen LogP contribution >= 0.6 is 0 Å². The Morgan fingerprint density at radius 1 is 1.21 bits per heavy atom. The summed E-state index contributed by atoms with van der Waals surface area (Å²) in [7, 11) is 0. The fourth-order valence-electron chi connectivity index (χ4n) is 1.51. The molecule has 0 aliphatic rings. The summed E-state index contributed by atoms with van der Waals surface area (Å²) in [6, 6.07) is 12.4. The molecular formula is C13H11N5O. The molecule has 1 heterocycles. The van der Waals surface area contributed by atoms with E-state index in [1.54, 1.807) is 12.1 Å². The van der Waals surface area contributed by atoms with Crippen LogP contribution in [-0.4, -0.2) is 16.1 Å². The fraction of sp³-hybridized carbons (Fsp3) is 0.0769. The van der Waals surface area contributed by atoms with Crippen molar-refractivity contribution in [1.29, 1.82) is 5.26 Å². The molecule has 0 bridgehead atoms. The maximum atomic E-state index is 10.8. The second-order valence-electron chi connectivity index (χ2n) is 3.88. The standard InChI is InChI=1S/C13H11N5O/c14-8-11-5-6-13(18-17-11)16-10-3-1-9(2-4-10)7-12(15)19/h1-6H,7H2,(H2,15,19)(H,16,18). The Balaban J connectivity index is 2.06. The van der Waals surface area contributed by atoms with Gasteiger partial charge < -0.3 is 11.1 Å². The van der Waals surface area contributed by atoms with E-state index in [-0.39, 0.29) is 18.0 Å². The normalized spacial score (nSPS) is 9.63. The molecule has 1 aromatic heterocycles. The number of anilines is 2. The van der Waals surface area contributed by atoms with E-state index in [1.165, 1.54) is 0 Å². The molecule has 1 aromatic carbocycles. The summed E-state index contributed by atoms with van der Waals surface area (Å²) in [5.41, 5.74) is 7.04. The van der Waals surface area contributed by atoms with E-state index in [9.17, 15) is 4.79 Å². The van der Waals surface area contributed by atoms with Gasteiger partial charge in [-0.1, -0.05) is 12.1 Å². The molecule has 94 valence electrons. The summed E-state index contributed by atoms with van der Waals surface area (Å²) in [6.45, 7) is 0. The summed E-state index contributed by atoms with van der Waals surface area (Å²) in [6.07, 6.45) is 0.219. The van der Waals surface area contributed by atoms with Crippen LogP contribution < -0.4 is 11.1 Å². The van der Waals surface area contributed by atoms with Crippen LogP contribution in [0.15, 0.2) is 36.4 Å². The SMILES string of the molecule is N#Cc1ccc(Nc2ccc(CC(N)=O)cc2)nn1. The molecule has 0 saturated heterocycles. The van der Waals surface area contributed by atoms with Gasteiger partial charge in [0.15, 0.2) is 11.5 Å². The molecule has 19 heavy (non-hydrogen) atoms. The molecule has 3 N–H and O–H groups in total.